The Kier molecular flexibility index (Phi) is 6.25. The number of carbonyl (C=O) groups is 2. The first-order chi connectivity index (χ1) is 13.6. The fourth-order valence-corrected chi connectivity index (χ4v) is 2.74. The monoisotopic (exact) mass is 375 g/mol. The van der Waals surface area contributed by atoms with E-state index in [2.05, 4.69) is 10.6 Å². The minimum Gasteiger partial charge on any atom is -0.492 e. The average Bonchev–Trinajstić information content (AvgIpc) is 2.69. The van der Waals surface area contributed by atoms with E-state index in [1.807, 2.05) is 54.6 Å². The summed E-state index contributed by atoms with van der Waals surface area (Å²) < 4.78 is 5.84. The van der Waals surface area contributed by atoms with Gasteiger partial charge in [-0.3, -0.25) is 4.79 Å². The molecule has 0 bridgehead atoms. The quantitative estimate of drug-likeness (QED) is 0.576. The highest BCUT2D eigenvalue weighted by atomic mass is 16.5. The van der Waals surface area contributed by atoms with Crippen molar-refractivity contribution >= 4 is 23.3 Å². The van der Waals surface area contributed by atoms with Gasteiger partial charge in [-0.2, -0.15) is 0 Å². The van der Waals surface area contributed by atoms with E-state index in [9.17, 15) is 9.59 Å². The summed E-state index contributed by atoms with van der Waals surface area (Å²) in [7, 11) is 0. The highest BCUT2D eigenvalue weighted by Crippen LogP contribution is 2.29. The van der Waals surface area contributed by atoms with E-state index in [1.54, 1.807) is 24.3 Å². The van der Waals surface area contributed by atoms with Gasteiger partial charge in [-0.1, -0.05) is 54.6 Å². The maximum Gasteiger partial charge on any atom is 0.316 e. The van der Waals surface area contributed by atoms with Gasteiger partial charge in [0.1, 0.15) is 5.75 Å². The van der Waals surface area contributed by atoms with Crippen LogP contribution in [0.5, 0.6) is 5.75 Å². The molecule has 0 unspecified atom stereocenters. The number of primary amides is 1. The van der Waals surface area contributed by atoms with E-state index >= 15 is 0 Å². The number of urea groups is 1. The number of nitrogens with one attached hydrogen (secondary N) is 2. The van der Waals surface area contributed by atoms with E-state index in [-0.39, 0.29) is 18.9 Å². The Bertz CT molecular complexity index is 958. The number of anilines is 2. The molecular weight excluding hydrogens is 354 g/mol. The van der Waals surface area contributed by atoms with Crippen LogP contribution in [-0.2, 0) is 4.79 Å². The third kappa shape index (κ3) is 5.35. The first-order valence-electron chi connectivity index (χ1n) is 8.85. The van der Waals surface area contributed by atoms with Gasteiger partial charge in [-0.15, -0.1) is 0 Å². The molecule has 0 spiro atoms. The molecule has 0 aliphatic heterocycles. The number of ether oxygens (including phenoxy) is 1. The van der Waals surface area contributed by atoms with Gasteiger partial charge in [0.15, 0.2) is 0 Å². The SMILES string of the molecule is NC(=O)Nc1cccc(NC(=O)CCOc2ccccc2-c2ccccc2)c1. The molecule has 0 atom stereocenters. The summed E-state index contributed by atoms with van der Waals surface area (Å²) in [5.41, 5.74) is 8.22. The molecule has 0 aromatic heterocycles. The summed E-state index contributed by atoms with van der Waals surface area (Å²) in [6, 6.07) is 23.8. The maximum atomic E-state index is 12.2. The summed E-state index contributed by atoms with van der Waals surface area (Å²) >= 11 is 0. The predicted octanol–water partition coefficient (Wildman–Crippen LogP) is 4.25. The minimum atomic E-state index is -0.658. The maximum absolute atomic E-state index is 12.2. The zero-order valence-corrected chi connectivity index (χ0v) is 15.2. The van der Waals surface area contributed by atoms with Crippen LogP contribution in [0.2, 0.25) is 0 Å². The highest BCUT2D eigenvalue weighted by Gasteiger charge is 2.08. The molecule has 6 heteroatoms. The summed E-state index contributed by atoms with van der Waals surface area (Å²) in [5, 5.41) is 5.24. The zero-order chi connectivity index (χ0) is 19.8. The normalized spacial score (nSPS) is 10.1. The Morgan fingerprint density at radius 2 is 1.50 bits per heavy atom. The Morgan fingerprint density at radius 1 is 0.821 bits per heavy atom. The molecule has 3 aromatic rings. The summed E-state index contributed by atoms with van der Waals surface area (Å²) in [4.78, 5) is 23.1. The van der Waals surface area contributed by atoms with E-state index in [0.29, 0.717) is 11.4 Å². The number of rotatable bonds is 7. The van der Waals surface area contributed by atoms with E-state index in [0.717, 1.165) is 16.9 Å². The van der Waals surface area contributed by atoms with Crippen molar-refractivity contribution in [1.82, 2.24) is 0 Å². The van der Waals surface area contributed by atoms with Crippen LogP contribution in [0.15, 0.2) is 78.9 Å². The van der Waals surface area contributed by atoms with Gasteiger partial charge < -0.3 is 21.1 Å². The van der Waals surface area contributed by atoms with Crippen molar-refractivity contribution in [2.75, 3.05) is 17.2 Å². The standard InChI is InChI=1S/C22H21N3O3/c23-22(27)25-18-10-6-9-17(15-18)24-21(26)13-14-28-20-12-5-4-11-19(20)16-7-2-1-3-8-16/h1-12,15H,13-14H2,(H,24,26)(H3,23,25,27). The lowest BCUT2D eigenvalue weighted by atomic mass is 10.1. The van der Waals surface area contributed by atoms with Crippen molar-refractivity contribution < 1.29 is 14.3 Å². The van der Waals surface area contributed by atoms with Gasteiger partial charge in [0.05, 0.1) is 13.0 Å². The Labute approximate surface area is 163 Å². The predicted molar refractivity (Wildman–Crippen MR) is 110 cm³/mol. The van der Waals surface area contributed by atoms with Crippen LogP contribution in [-0.4, -0.2) is 18.5 Å². The molecule has 0 aliphatic rings. The van der Waals surface area contributed by atoms with E-state index in [1.165, 1.54) is 0 Å². The summed E-state index contributed by atoms with van der Waals surface area (Å²) in [6.07, 6.45) is 0.191. The van der Waals surface area contributed by atoms with Crippen molar-refractivity contribution in [3.63, 3.8) is 0 Å². The van der Waals surface area contributed by atoms with Crippen LogP contribution in [0.4, 0.5) is 16.2 Å². The smallest absolute Gasteiger partial charge is 0.316 e. The number of benzene rings is 3. The van der Waals surface area contributed by atoms with Crippen molar-refractivity contribution in [2.45, 2.75) is 6.42 Å². The average molecular weight is 375 g/mol. The third-order valence-corrected chi connectivity index (χ3v) is 3.97. The van der Waals surface area contributed by atoms with Crippen LogP contribution >= 0.6 is 0 Å². The summed E-state index contributed by atoms with van der Waals surface area (Å²) in [5.74, 6) is 0.544. The molecule has 4 N–H and O–H groups in total. The number of hydrogen-bond acceptors (Lipinski definition) is 3. The van der Waals surface area contributed by atoms with Crippen LogP contribution in [0, 0.1) is 0 Å². The Hall–Kier alpha value is -3.80. The molecule has 3 aromatic carbocycles. The lowest BCUT2D eigenvalue weighted by Gasteiger charge is -2.12. The van der Waals surface area contributed by atoms with Crippen LogP contribution in [0.1, 0.15) is 6.42 Å². The molecule has 0 fully saturated rings. The van der Waals surface area contributed by atoms with Crippen LogP contribution < -0.4 is 21.1 Å². The van der Waals surface area contributed by atoms with Crippen molar-refractivity contribution in [1.29, 1.82) is 0 Å². The Balaban J connectivity index is 1.56. The van der Waals surface area contributed by atoms with E-state index < -0.39 is 6.03 Å². The van der Waals surface area contributed by atoms with Gasteiger partial charge >= 0.3 is 6.03 Å². The molecule has 28 heavy (non-hydrogen) atoms. The number of para-hydroxylation sites is 1. The van der Waals surface area contributed by atoms with Crippen molar-refractivity contribution in [3.05, 3.63) is 78.9 Å². The first-order valence-corrected chi connectivity index (χ1v) is 8.85. The molecule has 3 rings (SSSR count). The Morgan fingerprint density at radius 3 is 2.25 bits per heavy atom. The van der Waals surface area contributed by atoms with Gasteiger partial charge in [0.25, 0.3) is 0 Å². The lowest BCUT2D eigenvalue weighted by molar-refractivity contribution is -0.116. The van der Waals surface area contributed by atoms with Gasteiger partial charge in [-0.25, -0.2) is 4.79 Å². The minimum absolute atomic E-state index is 0.187. The number of carbonyl (C=O) groups excluding carboxylic acids is 2. The second-order valence-corrected chi connectivity index (χ2v) is 6.08. The topological polar surface area (TPSA) is 93.5 Å². The molecular formula is C22H21N3O3. The second kappa shape index (κ2) is 9.23. The molecule has 0 heterocycles. The third-order valence-electron chi connectivity index (χ3n) is 3.97. The number of hydrogen-bond donors (Lipinski definition) is 3. The molecule has 0 saturated carbocycles. The molecule has 142 valence electrons. The number of amides is 3. The van der Waals surface area contributed by atoms with Crippen LogP contribution in [0.3, 0.4) is 0 Å². The fourth-order valence-electron chi connectivity index (χ4n) is 2.74. The van der Waals surface area contributed by atoms with Gasteiger partial charge in [0, 0.05) is 16.9 Å². The van der Waals surface area contributed by atoms with Crippen molar-refractivity contribution in [2.24, 2.45) is 5.73 Å². The largest absolute Gasteiger partial charge is 0.492 e. The van der Waals surface area contributed by atoms with Crippen LogP contribution in [0.25, 0.3) is 11.1 Å². The second-order valence-electron chi connectivity index (χ2n) is 6.08. The van der Waals surface area contributed by atoms with E-state index in [4.69, 9.17) is 10.5 Å². The molecule has 0 aliphatic carbocycles. The fraction of sp³-hybridized carbons (Fsp3) is 0.0909. The molecule has 3 amide bonds. The lowest BCUT2D eigenvalue weighted by Crippen LogP contribution is -2.19. The van der Waals surface area contributed by atoms with Crippen molar-refractivity contribution in [3.8, 4) is 16.9 Å². The van der Waals surface area contributed by atoms with Gasteiger partial charge in [-0.05, 0) is 29.8 Å². The first kappa shape index (κ1) is 19.0. The summed E-state index contributed by atoms with van der Waals surface area (Å²) in [6.45, 7) is 0.245. The molecule has 0 radical (unpaired) electrons. The highest BCUT2D eigenvalue weighted by molar-refractivity contribution is 5.93. The molecule has 6 nitrogen and oxygen atoms in total. The zero-order valence-electron chi connectivity index (χ0n) is 15.2. The number of nitrogens with two attached hydrogens (primary N) is 1. The van der Waals surface area contributed by atoms with Gasteiger partial charge in [0.2, 0.25) is 5.91 Å². The molecule has 0 saturated heterocycles.